The van der Waals surface area contributed by atoms with Crippen LogP contribution in [0.1, 0.15) is 30.9 Å². The fourth-order valence-electron chi connectivity index (χ4n) is 5.75. The number of carbonyl (C=O) groups is 3. The quantitative estimate of drug-likeness (QED) is 0.129. The monoisotopic (exact) mass is 618 g/mol. The highest BCUT2D eigenvalue weighted by molar-refractivity contribution is 5.91. The highest BCUT2D eigenvalue weighted by Crippen LogP contribution is 2.22. The number of likely N-dealkylation sites (N-methyl/N-ethyl adjacent to an activating group) is 1. The summed E-state index contributed by atoms with van der Waals surface area (Å²) in [4.78, 5) is 46.3. The fourth-order valence-corrected chi connectivity index (χ4v) is 5.75. The van der Waals surface area contributed by atoms with E-state index in [1.54, 1.807) is 24.1 Å². The van der Waals surface area contributed by atoms with E-state index < -0.39 is 24.2 Å². The summed E-state index contributed by atoms with van der Waals surface area (Å²) >= 11 is 0. The summed E-state index contributed by atoms with van der Waals surface area (Å²) in [6.07, 6.45) is 1.44. The molecule has 11 nitrogen and oxygen atoms in total. The number of benzene rings is 3. The van der Waals surface area contributed by atoms with Gasteiger partial charge in [0.25, 0.3) is 0 Å². The minimum Gasteiger partial charge on any atom is -0.370 e. The van der Waals surface area contributed by atoms with Crippen LogP contribution in [0.25, 0.3) is 10.8 Å². The molecule has 9 N–H and O–H groups in total. The molecule has 5 atom stereocenters. The number of hydrogen-bond donors (Lipinski definition) is 6. The molecule has 0 bridgehead atoms. The van der Waals surface area contributed by atoms with Crippen LogP contribution >= 0.6 is 0 Å². The number of nitrogens with one attached hydrogen (secondary N) is 3. The van der Waals surface area contributed by atoms with Crippen LogP contribution in [-0.4, -0.2) is 78.9 Å². The van der Waals surface area contributed by atoms with Crippen LogP contribution in [0, 0.1) is 5.82 Å². The topological polar surface area (TPSA) is 181 Å². The molecule has 45 heavy (non-hydrogen) atoms. The molecule has 1 fully saturated rings. The third kappa shape index (κ3) is 8.77. The zero-order valence-corrected chi connectivity index (χ0v) is 25.7. The number of aliphatic imine (C=N–C) groups is 1. The van der Waals surface area contributed by atoms with Gasteiger partial charge in [-0.25, -0.2) is 9.38 Å². The Kier molecular flexibility index (Phi) is 11.4. The van der Waals surface area contributed by atoms with E-state index in [-0.39, 0.29) is 55.1 Å². The molecule has 0 radical (unpaired) electrons. The molecule has 3 aromatic rings. The molecule has 3 aromatic carbocycles. The molecule has 3 amide bonds. The minimum absolute atomic E-state index is 0.150. The molecule has 0 spiro atoms. The lowest BCUT2D eigenvalue weighted by Crippen LogP contribution is -2.58. The summed E-state index contributed by atoms with van der Waals surface area (Å²) in [5, 5.41) is 11.1. The van der Waals surface area contributed by atoms with E-state index >= 15 is 0 Å². The molecule has 240 valence electrons. The summed E-state index contributed by atoms with van der Waals surface area (Å²) in [6, 6.07) is 16.4. The van der Waals surface area contributed by atoms with Gasteiger partial charge in [-0.3, -0.25) is 19.7 Å². The molecule has 1 aliphatic heterocycles. The maximum atomic E-state index is 14.2. The van der Waals surface area contributed by atoms with Crippen LogP contribution in [0.4, 0.5) is 4.39 Å². The van der Waals surface area contributed by atoms with Gasteiger partial charge in [-0.2, -0.15) is 0 Å². The number of guanidine groups is 1. The normalized spacial score (nSPS) is 18.8. The second-order valence-corrected chi connectivity index (χ2v) is 11.4. The van der Waals surface area contributed by atoms with Crippen molar-refractivity contribution in [1.29, 1.82) is 0 Å². The summed E-state index contributed by atoms with van der Waals surface area (Å²) in [7, 11) is 1.55. The first kappa shape index (κ1) is 33.3. The van der Waals surface area contributed by atoms with E-state index in [1.807, 2.05) is 49.4 Å². The molecule has 1 saturated heterocycles. The van der Waals surface area contributed by atoms with Crippen molar-refractivity contribution in [2.45, 2.75) is 62.8 Å². The maximum absolute atomic E-state index is 14.2. The maximum Gasteiger partial charge on any atom is 0.242 e. The van der Waals surface area contributed by atoms with Crippen LogP contribution in [-0.2, 0) is 27.2 Å². The highest BCUT2D eigenvalue weighted by Gasteiger charge is 2.40. The van der Waals surface area contributed by atoms with Gasteiger partial charge in [-0.15, -0.1) is 0 Å². The predicted octanol–water partition coefficient (Wildman–Crippen LogP) is 0.933. The highest BCUT2D eigenvalue weighted by atomic mass is 19.1. The van der Waals surface area contributed by atoms with E-state index in [4.69, 9.17) is 17.2 Å². The Balaban J connectivity index is 1.55. The Morgan fingerprint density at radius 2 is 1.71 bits per heavy atom. The zero-order chi connectivity index (χ0) is 32.5. The Morgan fingerprint density at radius 3 is 2.38 bits per heavy atom. The summed E-state index contributed by atoms with van der Waals surface area (Å²) in [5.74, 6) is -1.48. The Bertz CT molecular complexity index is 1510. The average molecular weight is 619 g/mol. The van der Waals surface area contributed by atoms with Crippen LogP contribution in [0.5, 0.6) is 0 Å². The molecule has 0 aromatic heterocycles. The molecular formula is C33H43FN8O3. The number of rotatable bonds is 12. The molecule has 0 saturated carbocycles. The van der Waals surface area contributed by atoms with Gasteiger partial charge in [0.05, 0.1) is 12.1 Å². The summed E-state index contributed by atoms with van der Waals surface area (Å²) in [5.41, 5.74) is 19.3. The molecule has 1 heterocycles. The van der Waals surface area contributed by atoms with Gasteiger partial charge in [0.1, 0.15) is 17.9 Å². The van der Waals surface area contributed by atoms with Crippen LogP contribution in [0.2, 0.25) is 0 Å². The first-order valence-electron chi connectivity index (χ1n) is 15.2. The Morgan fingerprint density at radius 1 is 1.02 bits per heavy atom. The van der Waals surface area contributed by atoms with E-state index in [0.717, 1.165) is 21.9 Å². The van der Waals surface area contributed by atoms with Crippen molar-refractivity contribution >= 4 is 34.5 Å². The second-order valence-electron chi connectivity index (χ2n) is 11.4. The lowest BCUT2D eigenvalue weighted by atomic mass is 9.98. The molecule has 1 aliphatic rings. The molecule has 12 heteroatoms. The number of carbonyl (C=O) groups excluding carboxylic acids is 3. The summed E-state index contributed by atoms with van der Waals surface area (Å²) in [6.45, 7) is 2.31. The van der Waals surface area contributed by atoms with Gasteiger partial charge in [0.2, 0.25) is 17.7 Å². The van der Waals surface area contributed by atoms with Crippen molar-refractivity contribution in [2.75, 3.05) is 20.1 Å². The van der Waals surface area contributed by atoms with Gasteiger partial charge < -0.3 is 32.7 Å². The smallest absolute Gasteiger partial charge is 0.242 e. The predicted molar refractivity (Wildman–Crippen MR) is 174 cm³/mol. The van der Waals surface area contributed by atoms with Gasteiger partial charge in [-0.05, 0) is 53.3 Å². The van der Waals surface area contributed by atoms with Gasteiger partial charge in [0.15, 0.2) is 5.96 Å². The number of nitrogens with two attached hydrogens (primary N) is 3. The fraction of sp³-hybridized carbons (Fsp3) is 0.394. The minimum atomic E-state index is -0.849. The van der Waals surface area contributed by atoms with E-state index in [2.05, 4.69) is 20.9 Å². The molecule has 0 aliphatic carbocycles. The van der Waals surface area contributed by atoms with E-state index in [1.165, 1.54) is 12.1 Å². The SMILES string of the molecule is CCC(N=C(N)N)[C@@H]1N[C@@H](CNC(=O)[C@H](N)Cc2ccc(F)cc2)CCN([C@@H](Cc2ccc3ccccc3c2)C(=O)NC)C1=O. The van der Waals surface area contributed by atoms with E-state index in [9.17, 15) is 18.8 Å². The van der Waals surface area contributed by atoms with Gasteiger partial charge in [0, 0.05) is 32.6 Å². The molecule has 1 unspecified atom stereocenters. The van der Waals surface area contributed by atoms with Crippen molar-refractivity contribution in [1.82, 2.24) is 20.9 Å². The largest absolute Gasteiger partial charge is 0.370 e. The standard InChI is InChI=1S/C33H43FN8O3/c1-3-27(41-33(36)37)29-32(45)42(28(31(44)38-2)18-21-8-11-22-6-4-5-7-23(22)16-21)15-14-25(40-29)19-39-30(43)26(35)17-20-9-12-24(34)13-10-20/h4-13,16,25-29,40H,3,14-15,17-19,35H2,1-2H3,(H,38,44)(H,39,43)(H4,36,37,41)/t25-,26-,27?,28+,29+/m1/s1. The average Bonchev–Trinajstić information content (AvgIpc) is 3.20. The van der Waals surface area contributed by atoms with Crippen molar-refractivity contribution < 1.29 is 18.8 Å². The zero-order valence-electron chi connectivity index (χ0n) is 25.7. The first-order valence-corrected chi connectivity index (χ1v) is 15.2. The van der Waals surface area contributed by atoms with Crippen molar-refractivity contribution in [2.24, 2.45) is 22.2 Å². The van der Waals surface area contributed by atoms with Crippen molar-refractivity contribution in [3.8, 4) is 0 Å². The van der Waals surface area contributed by atoms with Crippen molar-refractivity contribution in [3.05, 3.63) is 83.7 Å². The number of halogens is 1. The Labute approximate surface area is 262 Å². The van der Waals surface area contributed by atoms with E-state index in [0.29, 0.717) is 19.3 Å². The lowest BCUT2D eigenvalue weighted by molar-refractivity contribution is -0.141. The van der Waals surface area contributed by atoms with Gasteiger partial charge >= 0.3 is 0 Å². The number of amides is 3. The molecule has 4 rings (SSSR count). The third-order valence-corrected chi connectivity index (χ3v) is 8.20. The number of fused-ring (bicyclic) bond motifs is 1. The second kappa shape index (κ2) is 15.4. The van der Waals surface area contributed by atoms with Crippen molar-refractivity contribution in [3.63, 3.8) is 0 Å². The third-order valence-electron chi connectivity index (χ3n) is 8.20. The van der Waals surface area contributed by atoms with Gasteiger partial charge in [-0.1, -0.05) is 61.5 Å². The molecular weight excluding hydrogens is 575 g/mol. The number of hydrogen-bond acceptors (Lipinski definition) is 6. The first-order chi connectivity index (χ1) is 21.6. The summed E-state index contributed by atoms with van der Waals surface area (Å²) < 4.78 is 13.3. The number of nitrogens with zero attached hydrogens (tertiary/aromatic N) is 2. The Hall–Kier alpha value is -4.55. The lowest BCUT2D eigenvalue weighted by Gasteiger charge is -2.33. The van der Waals surface area contributed by atoms with Crippen LogP contribution < -0.4 is 33.2 Å². The van der Waals surface area contributed by atoms with Crippen LogP contribution in [0.3, 0.4) is 0 Å². The van der Waals surface area contributed by atoms with Crippen LogP contribution in [0.15, 0.2) is 71.7 Å².